The van der Waals surface area contributed by atoms with E-state index in [0.29, 0.717) is 12.0 Å². The van der Waals surface area contributed by atoms with Crippen molar-refractivity contribution >= 4 is 42.1 Å². The van der Waals surface area contributed by atoms with Gasteiger partial charge in [-0.3, -0.25) is 4.79 Å². The van der Waals surface area contributed by atoms with Crippen molar-refractivity contribution < 1.29 is 4.79 Å². The lowest BCUT2D eigenvalue weighted by Crippen LogP contribution is -2.51. The zero-order valence-electron chi connectivity index (χ0n) is 13.8. The first-order valence-corrected chi connectivity index (χ1v) is 8.98. The molecule has 7 heteroatoms. The number of thiazole rings is 1. The molecule has 2 unspecified atom stereocenters. The van der Waals surface area contributed by atoms with Crippen LogP contribution in [0, 0.1) is 6.92 Å². The SMILES string of the molecule is Cc1nc(C2CCCC2)sc1C(=O)NC1CCCNC1C.Cl.Cl. The summed E-state index contributed by atoms with van der Waals surface area (Å²) >= 11 is 1.61. The first kappa shape index (κ1) is 20.7. The minimum Gasteiger partial charge on any atom is -0.347 e. The minimum atomic E-state index is 0. The van der Waals surface area contributed by atoms with Crippen molar-refractivity contribution in [3.63, 3.8) is 0 Å². The molecule has 4 nitrogen and oxygen atoms in total. The van der Waals surface area contributed by atoms with E-state index < -0.39 is 0 Å². The van der Waals surface area contributed by atoms with Gasteiger partial charge in [-0.05, 0) is 46.1 Å². The predicted molar refractivity (Wildman–Crippen MR) is 101 cm³/mol. The van der Waals surface area contributed by atoms with Gasteiger partial charge in [0.15, 0.2) is 0 Å². The average molecular weight is 380 g/mol. The summed E-state index contributed by atoms with van der Waals surface area (Å²) in [4.78, 5) is 18.0. The molecule has 2 atom stereocenters. The van der Waals surface area contributed by atoms with Crippen molar-refractivity contribution in [3.05, 3.63) is 15.6 Å². The summed E-state index contributed by atoms with van der Waals surface area (Å²) in [5.74, 6) is 0.653. The number of halogens is 2. The molecular formula is C16H27Cl2N3OS. The Morgan fingerprint density at radius 3 is 2.57 bits per heavy atom. The highest BCUT2D eigenvalue weighted by molar-refractivity contribution is 7.13. The van der Waals surface area contributed by atoms with Crippen LogP contribution in [0.3, 0.4) is 0 Å². The lowest BCUT2D eigenvalue weighted by molar-refractivity contribution is 0.0923. The van der Waals surface area contributed by atoms with E-state index in [-0.39, 0.29) is 36.8 Å². The molecule has 1 saturated heterocycles. The monoisotopic (exact) mass is 379 g/mol. The second-order valence-corrected chi connectivity index (χ2v) is 7.44. The van der Waals surface area contributed by atoms with Gasteiger partial charge in [-0.25, -0.2) is 4.98 Å². The van der Waals surface area contributed by atoms with Gasteiger partial charge in [-0.15, -0.1) is 36.2 Å². The van der Waals surface area contributed by atoms with Gasteiger partial charge < -0.3 is 10.6 Å². The smallest absolute Gasteiger partial charge is 0.263 e. The molecule has 0 radical (unpaired) electrons. The molecule has 3 rings (SSSR count). The molecule has 2 N–H and O–H groups in total. The topological polar surface area (TPSA) is 54.0 Å². The van der Waals surface area contributed by atoms with E-state index in [9.17, 15) is 4.79 Å². The first-order valence-electron chi connectivity index (χ1n) is 8.16. The van der Waals surface area contributed by atoms with Crippen LogP contribution in [0.5, 0.6) is 0 Å². The summed E-state index contributed by atoms with van der Waals surface area (Å²) in [7, 11) is 0. The zero-order valence-corrected chi connectivity index (χ0v) is 16.2. The van der Waals surface area contributed by atoms with Crippen molar-refractivity contribution in [2.75, 3.05) is 6.54 Å². The van der Waals surface area contributed by atoms with Gasteiger partial charge in [-0.1, -0.05) is 12.8 Å². The van der Waals surface area contributed by atoms with Gasteiger partial charge in [0.1, 0.15) is 4.88 Å². The molecule has 1 saturated carbocycles. The first-order chi connectivity index (χ1) is 10.1. The van der Waals surface area contributed by atoms with Gasteiger partial charge in [0.05, 0.1) is 10.7 Å². The number of nitrogens with one attached hydrogen (secondary N) is 2. The fourth-order valence-corrected chi connectivity index (χ4v) is 4.59. The van der Waals surface area contributed by atoms with Crippen molar-refractivity contribution in [1.82, 2.24) is 15.6 Å². The lowest BCUT2D eigenvalue weighted by atomic mass is 10.00. The molecule has 1 amide bonds. The fraction of sp³-hybridized carbons (Fsp3) is 0.750. The standard InChI is InChI=1S/C16H25N3OS.2ClH/c1-10-13(8-5-9-17-10)19-15(20)14-11(2)18-16(21-14)12-6-3-4-7-12;;/h10,12-13,17H,3-9H2,1-2H3,(H,19,20);2*1H. The molecule has 0 aromatic carbocycles. The summed E-state index contributed by atoms with van der Waals surface area (Å²) in [5, 5.41) is 7.80. The highest BCUT2D eigenvalue weighted by Crippen LogP contribution is 2.37. The van der Waals surface area contributed by atoms with Gasteiger partial charge in [-0.2, -0.15) is 0 Å². The molecule has 2 heterocycles. The average Bonchev–Trinajstić information content (AvgIpc) is 3.10. The number of carbonyl (C=O) groups excluding carboxylic acids is 1. The van der Waals surface area contributed by atoms with E-state index in [2.05, 4.69) is 22.5 Å². The molecule has 1 aliphatic carbocycles. The number of aromatic nitrogens is 1. The van der Waals surface area contributed by atoms with Gasteiger partial charge in [0.2, 0.25) is 0 Å². The van der Waals surface area contributed by atoms with Crippen molar-refractivity contribution in [1.29, 1.82) is 0 Å². The van der Waals surface area contributed by atoms with Gasteiger partial charge in [0, 0.05) is 18.0 Å². The molecule has 1 aliphatic heterocycles. The molecular weight excluding hydrogens is 353 g/mol. The normalized spacial score (nSPS) is 24.6. The molecule has 0 bridgehead atoms. The van der Waals surface area contributed by atoms with E-state index in [1.54, 1.807) is 11.3 Å². The van der Waals surface area contributed by atoms with Gasteiger partial charge >= 0.3 is 0 Å². The third-order valence-electron chi connectivity index (χ3n) is 4.80. The van der Waals surface area contributed by atoms with Crippen LogP contribution in [-0.4, -0.2) is 29.5 Å². The maximum absolute atomic E-state index is 12.5. The second-order valence-electron chi connectivity index (χ2n) is 6.41. The van der Waals surface area contributed by atoms with Crippen LogP contribution in [0.4, 0.5) is 0 Å². The fourth-order valence-electron chi connectivity index (χ4n) is 3.45. The third-order valence-corrected chi connectivity index (χ3v) is 6.12. The van der Waals surface area contributed by atoms with Gasteiger partial charge in [0.25, 0.3) is 5.91 Å². The molecule has 23 heavy (non-hydrogen) atoms. The number of aryl methyl sites for hydroxylation is 1. The van der Waals surface area contributed by atoms with Crippen LogP contribution in [0.15, 0.2) is 0 Å². The summed E-state index contributed by atoms with van der Waals surface area (Å²) in [6.07, 6.45) is 7.26. The molecule has 1 aromatic rings. The second kappa shape index (κ2) is 9.21. The molecule has 2 aliphatic rings. The number of hydrogen-bond donors (Lipinski definition) is 2. The number of amides is 1. The Morgan fingerprint density at radius 2 is 1.91 bits per heavy atom. The summed E-state index contributed by atoms with van der Waals surface area (Å²) in [6.45, 7) is 5.17. The zero-order chi connectivity index (χ0) is 14.8. The highest BCUT2D eigenvalue weighted by Gasteiger charge is 2.27. The van der Waals surface area contributed by atoms with E-state index >= 15 is 0 Å². The maximum atomic E-state index is 12.5. The number of piperidine rings is 1. The predicted octanol–water partition coefficient (Wildman–Crippen LogP) is 3.82. The largest absolute Gasteiger partial charge is 0.347 e. The van der Waals surface area contributed by atoms with Crippen molar-refractivity contribution in [2.45, 2.75) is 70.4 Å². The third kappa shape index (κ3) is 4.81. The van der Waals surface area contributed by atoms with E-state index in [1.807, 2.05) is 6.92 Å². The molecule has 132 valence electrons. The van der Waals surface area contributed by atoms with Crippen LogP contribution in [0.1, 0.15) is 71.7 Å². The Hall–Kier alpha value is -0.360. The number of nitrogens with zero attached hydrogens (tertiary/aromatic N) is 1. The Balaban J connectivity index is 0.00000132. The van der Waals surface area contributed by atoms with Crippen LogP contribution >= 0.6 is 36.2 Å². The van der Waals surface area contributed by atoms with E-state index in [4.69, 9.17) is 0 Å². The summed E-state index contributed by atoms with van der Waals surface area (Å²) in [6, 6.07) is 0.591. The van der Waals surface area contributed by atoms with Crippen molar-refractivity contribution in [2.24, 2.45) is 0 Å². The van der Waals surface area contributed by atoms with Crippen molar-refractivity contribution in [3.8, 4) is 0 Å². The Bertz CT molecular complexity index is 517. The molecule has 1 aromatic heterocycles. The van der Waals surface area contributed by atoms with E-state index in [0.717, 1.165) is 30.0 Å². The lowest BCUT2D eigenvalue weighted by Gasteiger charge is -2.30. The van der Waals surface area contributed by atoms with Crippen LogP contribution in [0.2, 0.25) is 0 Å². The van der Waals surface area contributed by atoms with E-state index in [1.165, 1.54) is 30.7 Å². The number of hydrogen-bond acceptors (Lipinski definition) is 4. The summed E-state index contributed by atoms with van der Waals surface area (Å²) < 4.78 is 0. The summed E-state index contributed by atoms with van der Waals surface area (Å²) in [5.41, 5.74) is 0.899. The Morgan fingerprint density at radius 1 is 1.22 bits per heavy atom. The molecule has 2 fully saturated rings. The Kier molecular flexibility index (Phi) is 8.28. The Labute approximate surface area is 155 Å². The van der Waals surface area contributed by atoms with Crippen LogP contribution in [0.25, 0.3) is 0 Å². The minimum absolute atomic E-state index is 0. The number of carbonyl (C=O) groups is 1. The number of rotatable bonds is 3. The van der Waals surface area contributed by atoms with Crippen LogP contribution in [-0.2, 0) is 0 Å². The molecule has 0 spiro atoms. The quantitative estimate of drug-likeness (QED) is 0.838. The maximum Gasteiger partial charge on any atom is 0.263 e. The van der Waals surface area contributed by atoms with Crippen LogP contribution < -0.4 is 10.6 Å². The highest BCUT2D eigenvalue weighted by atomic mass is 35.5.